The molecule has 0 radical (unpaired) electrons. The second-order valence-electron chi connectivity index (χ2n) is 11.8. The van der Waals surface area contributed by atoms with E-state index in [1.165, 1.54) is 7.11 Å². The molecule has 1 aliphatic rings. The number of nitrogens with zero attached hydrogens (tertiary/aromatic N) is 1. The molecule has 0 heterocycles. The highest BCUT2D eigenvalue weighted by atomic mass is 35.5. The van der Waals surface area contributed by atoms with E-state index in [0.29, 0.717) is 5.56 Å². The average molecular weight is 637 g/mol. The zero-order valence-electron chi connectivity index (χ0n) is 25.5. The van der Waals surface area contributed by atoms with Gasteiger partial charge in [0.05, 0.1) is 35.8 Å². The van der Waals surface area contributed by atoms with E-state index in [1.54, 1.807) is 45.9 Å². The van der Waals surface area contributed by atoms with E-state index < -0.39 is 41.3 Å². The summed E-state index contributed by atoms with van der Waals surface area (Å²) in [5.74, 6) is -3.50. The Labute approximate surface area is 260 Å². The minimum absolute atomic E-state index is 0.0366. The normalized spacial score (nSPS) is 16.7. The molecule has 1 atom stereocenters. The molecule has 3 N–H and O–H groups in total. The number of methoxy groups -OCH3 is 1. The Morgan fingerprint density at radius 2 is 1.66 bits per heavy atom. The number of benzene rings is 2. The number of alkyl carbamates (subject to hydrolysis) is 1. The van der Waals surface area contributed by atoms with Gasteiger partial charge in [0.1, 0.15) is 12.2 Å². The van der Waals surface area contributed by atoms with Crippen LogP contribution in [0, 0.1) is 0 Å². The van der Waals surface area contributed by atoms with E-state index in [4.69, 9.17) is 25.8 Å². The number of carbonyl (C=O) groups excluding carboxylic acids is 3. The molecule has 240 valence electrons. The number of nitrogens with one attached hydrogen (secondary N) is 3. The lowest BCUT2D eigenvalue weighted by atomic mass is 9.88. The fourth-order valence-electron chi connectivity index (χ4n) is 4.59. The number of guanidine groups is 1. The van der Waals surface area contributed by atoms with Gasteiger partial charge in [-0.05, 0) is 57.7 Å². The van der Waals surface area contributed by atoms with Crippen LogP contribution >= 0.6 is 11.6 Å². The van der Waals surface area contributed by atoms with Crippen molar-refractivity contribution in [2.24, 2.45) is 4.99 Å². The van der Waals surface area contributed by atoms with Crippen LogP contribution in [-0.2, 0) is 31.2 Å². The number of halogens is 3. The van der Waals surface area contributed by atoms with Gasteiger partial charge in [0.2, 0.25) is 11.9 Å². The lowest BCUT2D eigenvalue weighted by molar-refractivity contribution is -0.142. The van der Waals surface area contributed by atoms with Crippen LogP contribution in [-0.4, -0.2) is 48.8 Å². The molecule has 0 aromatic heterocycles. The molecule has 0 bridgehead atoms. The highest BCUT2D eigenvalue weighted by Crippen LogP contribution is 2.37. The molecule has 1 aliphatic carbocycles. The number of hydrogen-bond donors (Lipinski definition) is 3. The number of carbonyl (C=O) groups is 3. The summed E-state index contributed by atoms with van der Waals surface area (Å²) in [7, 11) is 1.22. The van der Waals surface area contributed by atoms with Crippen LogP contribution in [0.4, 0.5) is 24.1 Å². The SMILES string of the molecule is COC(=O)C[C@](C)(NC(=NC1CCC(F)(F)CC1)NC(=O)OC(C)(C)C)c1cccc(NC(=O)OCc2ccccc2)c1Cl. The highest BCUT2D eigenvalue weighted by molar-refractivity contribution is 6.34. The number of rotatable bonds is 8. The first-order valence-corrected chi connectivity index (χ1v) is 14.5. The number of amides is 2. The van der Waals surface area contributed by atoms with E-state index in [-0.39, 0.29) is 55.4 Å². The summed E-state index contributed by atoms with van der Waals surface area (Å²) in [4.78, 5) is 42.5. The van der Waals surface area contributed by atoms with Crippen molar-refractivity contribution in [3.05, 3.63) is 64.7 Å². The highest BCUT2D eigenvalue weighted by Gasteiger charge is 2.37. The van der Waals surface area contributed by atoms with Crippen molar-refractivity contribution in [2.45, 2.75) is 89.5 Å². The van der Waals surface area contributed by atoms with Crippen LogP contribution in [0.25, 0.3) is 0 Å². The van der Waals surface area contributed by atoms with Crippen molar-refractivity contribution in [3.63, 3.8) is 0 Å². The number of ether oxygens (including phenoxy) is 3. The first-order chi connectivity index (χ1) is 20.6. The molecule has 0 spiro atoms. The summed E-state index contributed by atoms with van der Waals surface area (Å²) in [6.07, 6.45) is -2.39. The quantitative estimate of drug-likeness (QED) is 0.124. The number of aliphatic imine (C=N–C) groups is 1. The van der Waals surface area contributed by atoms with Crippen LogP contribution in [0.1, 0.15) is 70.9 Å². The average Bonchev–Trinajstić information content (AvgIpc) is 2.93. The van der Waals surface area contributed by atoms with Crippen molar-refractivity contribution in [1.82, 2.24) is 10.6 Å². The molecule has 1 fully saturated rings. The Kier molecular flexibility index (Phi) is 11.5. The third-order valence-corrected chi connectivity index (χ3v) is 7.19. The minimum Gasteiger partial charge on any atom is -0.469 e. The Morgan fingerprint density at radius 1 is 1.00 bits per heavy atom. The Hall–Kier alpha value is -3.93. The lowest BCUT2D eigenvalue weighted by Crippen LogP contribution is -2.53. The summed E-state index contributed by atoms with van der Waals surface area (Å²) in [6.45, 7) is 6.72. The summed E-state index contributed by atoms with van der Waals surface area (Å²) in [5.41, 5.74) is -0.867. The van der Waals surface area contributed by atoms with E-state index >= 15 is 0 Å². The Bertz CT molecular complexity index is 1340. The molecule has 10 nitrogen and oxygen atoms in total. The summed E-state index contributed by atoms with van der Waals surface area (Å²) in [5, 5.41) is 8.35. The van der Waals surface area contributed by atoms with Gasteiger partial charge in [-0.3, -0.25) is 15.4 Å². The first kappa shape index (κ1) is 34.6. The van der Waals surface area contributed by atoms with E-state index in [1.807, 2.05) is 30.3 Å². The fraction of sp³-hybridized carbons (Fsp3) is 0.484. The Morgan fingerprint density at radius 3 is 2.27 bits per heavy atom. The predicted octanol–water partition coefficient (Wildman–Crippen LogP) is 6.92. The molecule has 44 heavy (non-hydrogen) atoms. The second kappa shape index (κ2) is 14.7. The van der Waals surface area contributed by atoms with Crippen LogP contribution < -0.4 is 16.0 Å². The third kappa shape index (κ3) is 10.7. The second-order valence-corrected chi connectivity index (χ2v) is 12.1. The smallest absolute Gasteiger partial charge is 0.414 e. The molecule has 0 unspecified atom stereocenters. The van der Waals surface area contributed by atoms with Crippen LogP contribution in [0.5, 0.6) is 0 Å². The number of anilines is 1. The Balaban J connectivity index is 1.92. The molecule has 2 aromatic rings. The molecular formula is C31H39ClF2N4O6. The number of alkyl halides is 2. The maximum absolute atomic E-state index is 13.8. The van der Waals surface area contributed by atoms with Crippen molar-refractivity contribution >= 4 is 41.4 Å². The first-order valence-electron chi connectivity index (χ1n) is 14.2. The van der Waals surface area contributed by atoms with Gasteiger partial charge in [0, 0.05) is 12.8 Å². The van der Waals surface area contributed by atoms with Gasteiger partial charge in [-0.25, -0.2) is 23.4 Å². The maximum atomic E-state index is 13.8. The molecule has 0 saturated heterocycles. The lowest BCUT2D eigenvalue weighted by Gasteiger charge is -2.34. The predicted molar refractivity (Wildman–Crippen MR) is 163 cm³/mol. The van der Waals surface area contributed by atoms with Crippen molar-refractivity contribution in [2.75, 3.05) is 12.4 Å². The van der Waals surface area contributed by atoms with Crippen molar-refractivity contribution < 1.29 is 37.4 Å². The van der Waals surface area contributed by atoms with Gasteiger partial charge in [-0.15, -0.1) is 0 Å². The van der Waals surface area contributed by atoms with Crippen LogP contribution in [0.3, 0.4) is 0 Å². The third-order valence-electron chi connectivity index (χ3n) is 6.78. The van der Waals surface area contributed by atoms with Gasteiger partial charge in [-0.1, -0.05) is 54.1 Å². The monoisotopic (exact) mass is 636 g/mol. The fourth-order valence-corrected chi connectivity index (χ4v) is 4.97. The standard InChI is InChI=1S/C31H39ClF2N4O6/c1-29(2,3)44-28(41)37-26(35-21-14-16-31(33,34)17-15-21)38-30(4,18-24(39)42-5)22-12-9-13-23(25(22)32)36-27(40)43-19-20-10-7-6-8-11-20/h6-13,21H,14-19H2,1-5H3,(H,36,40)(H2,35,37,38,41)/t30-/m0/s1. The molecule has 0 aliphatic heterocycles. The molecule has 13 heteroatoms. The molecular weight excluding hydrogens is 598 g/mol. The zero-order chi connectivity index (χ0) is 32.5. The molecule has 3 rings (SSSR count). The van der Waals surface area contributed by atoms with Gasteiger partial charge >= 0.3 is 18.2 Å². The van der Waals surface area contributed by atoms with Crippen molar-refractivity contribution in [1.29, 1.82) is 0 Å². The number of esters is 1. The van der Waals surface area contributed by atoms with E-state index in [2.05, 4.69) is 20.9 Å². The van der Waals surface area contributed by atoms with Gasteiger partial charge in [-0.2, -0.15) is 0 Å². The van der Waals surface area contributed by atoms with Gasteiger partial charge in [0.15, 0.2) is 0 Å². The maximum Gasteiger partial charge on any atom is 0.414 e. The van der Waals surface area contributed by atoms with Crippen molar-refractivity contribution in [3.8, 4) is 0 Å². The summed E-state index contributed by atoms with van der Waals surface area (Å²) in [6, 6.07) is 13.4. The van der Waals surface area contributed by atoms with E-state index in [9.17, 15) is 23.2 Å². The van der Waals surface area contributed by atoms with Crippen LogP contribution in [0.15, 0.2) is 53.5 Å². The van der Waals surface area contributed by atoms with Gasteiger partial charge < -0.3 is 19.5 Å². The molecule has 1 saturated carbocycles. The molecule has 2 amide bonds. The zero-order valence-corrected chi connectivity index (χ0v) is 26.2. The molecule has 2 aromatic carbocycles. The van der Waals surface area contributed by atoms with Crippen LogP contribution in [0.2, 0.25) is 5.02 Å². The summed E-state index contributed by atoms with van der Waals surface area (Å²) >= 11 is 6.78. The van der Waals surface area contributed by atoms with Gasteiger partial charge in [0.25, 0.3) is 0 Å². The van der Waals surface area contributed by atoms with E-state index in [0.717, 1.165) is 5.56 Å². The minimum atomic E-state index is -2.78. The summed E-state index contributed by atoms with van der Waals surface area (Å²) < 4.78 is 43.3. The number of hydrogen-bond acceptors (Lipinski definition) is 7. The topological polar surface area (TPSA) is 127 Å². The largest absolute Gasteiger partial charge is 0.469 e.